The van der Waals surface area contributed by atoms with E-state index in [4.69, 9.17) is 16.3 Å². The summed E-state index contributed by atoms with van der Waals surface area (Å²) in [5.74, 6) is -1.21. The van der Waals surface area contributed by atoms with Crippen molar-refractivity contribution in [1.29, 1.82) is 0 Å². The largest absolute Gasteiger partial charge is 0.465 e. The van der Waals surface area contributed by atoms with E-state index in [1.54, 1.807) is 35.6 Å². The van der Waals surface area contributed by atoms with Gasteiger partial charge in [-0.2, -0.15) is 0 Å². The maximum absolute atomic E-state index is 13.3. The molecule has 0 aliphatic heterocycles. The van der Waals surface area contributed by atoms with Crippen molar-refractivity contribution in [2.45, 2.75) is 19.5 Å². The van der Waals surface area contributed by atoms with Crippen LogP contribution in [0.1, 0.15) is 15.2 Å². The number of para-hydroxylation sites is 1. The van der Waals surface area contributed by atoms with Crippen LogP contribution >= 0.6 is 22.9 Å². The molecule has 0 bridgehead atoms. The minimum absolute atomic E-state index is 0.123. The molecule has 2 aromatic carbocycles. The van der Waals surface area contributed by atoms with E-state index in [2.05, 4.69) is 5.32 Å². The first-order chi connectivity index (χ1) is 16.4. The fraction of sp³-hybridized carbons (Fsp3) is 0.167. The van der Waals surface area contributed by atoms with Crippen LogP contribution < -0.4 is 16.6 Å². The molecular weight excluding hydrogens is 478 g/mol. The molecule has 4 rings (SSSR count). The first-order valence-corrected chi connectivity index (χ1v) is 11.6. The summed E-state index contributed by atoms with van der Waals surface area (Å²) in [5.41, 5.74) is -0.364. The zero-order valence-corrected chi connectivity index (χ0v) is 19.7. The summed E-state index contributed by atoms with van der Waals surface area (Å²) in [7, 11) is 1.23. The van der Waals surface area contributed by atoms with Crippen molar-refractivity contribution < 1.29 is 14.3 Å². The standard InChI is InChI=1S/C24H20ClN3O5S/c1-33-23(31)17-9-8-15(25)13-19(17)26-21(29)14-28-20-7-3-2-6-18(20)22(30)27(24(28)32)11-10-16-5-4-12-34-16/h2-9,12-13H,10-11,14H2,1H3,(H,26,29). The molecule has 4 aromatic rings. The SMILES string of the molecule is COC(=O)c1ccc(Cl)cc1NC(=O)Cn1c(=O)n(CCc2cccs2)c(=O)c2ccccc21. The molecule has 0 radical (unpaired) electrons. The van der Waals surface area contributed by atoms with E-state index in [1.807, 2.05) is 17.5 Å². The van der Waals surface area contributed by atoms with E-state index in [1.165, 1.54) is 29.9 Å². The van der Waals surface area contributed by atoms with Gasteiger partial charge in [-0.3, -0.25) is 18.7 Å². The number of aromatic nitrogens is 2. The van der Waals surface area contributed by atoms with Crippen LogP contribution in [0.2, 0.25) is 5.02 Å². The number of amides is 1. The van der Waals surface area contributed by atoms with Crippen LogP contribution in [-0.4, -0.2) is 28.1 Å². The van der Waals surface area contributed by atoms with Crippen LogP contribution in [0.25, 0.3) is 10.9 Å². The molecule has 0 saturated heterocycles. The third kappa shape index (κ3) is 4.80. The Kier molecular flexibility index (Phi) is 6.95. The molecule has 10 heteroatoms. The average Bonchev–Trinajstić information content (AvgIpc) is 3.35. The lowest BCUT2D eigenvalue weighted by atomic mass is 10.1. The number of fused-ring (bicyclic) bond motifs is 1. The predicted molar refractivity (Wildman–Crippen MR) is 132 cm³/mol. The van der Waals surface area contributed by atoms with Gasteiger partial charge in [-0.1, -0.05) is 29.8 Å². The van der Waals surface area contributed by atoms with Crippen LogP contribution in [0.3, 0.4) is 0 Å². The van der Waals surface area contributed by atoms with Gasteiger partial charge in [-0.05, 0) is 48.2 Å². The Labute approximate surface area is 203 Å². The lowest BCUT2D eigenvalue weighted by Crippen LogP contribution is -2.42. The molecule has 1 amide bonds. The maximum atomic E-state index is 13.3. The quantitative estimate of drug-likeness (QED) is 0.394. The van der Waals surface area contributed by atoms with E-state index in [9.17, 15) is 19.2 Å². The minimum atomic E-state index is -0.642. The third-order valence-corrected chi connectivity index (χ3v) is 6.43. The lowest BCUT2D eigenvalue weighted by molar-refractivity contribution is -0.116. The Morgan fingerprint density at radius 1 is 1.06 bits per heavy atom. The molecule has 2 heterocycles. The van der Waals surface area contributed by atoms with Gasteiger partial charge in [0.05, 0.1) is 29.3 Å². The van der Waals surface area contributed by atoms with E-state index in [0.717, 1.165) is 9.44 Å². The Morgan fingerprint density at radius 3 is 2.59 bits per heavy atom. The van der Waals surface area contributed by atoms with Crippen molar-refractivity contribution in [1.82, 2.24) is 9.13 Å². The number of hydrogen-bond donors (Lipinski definition) is 1. The summed E-state index contributed by atoms with van der Waals surface area (Å²) in [6.45, 7) is -0.183. The van der Waals surface area contributed by atoms with Gasteiger partial charge >= 0.3 is 11.7 Å². The Morgan fingerprint density at radius 2 is 1.85 bits per heavy atom. The fourth-order valence-electron chi connectivity index (χ4n) is 3.64. The van der Waals surface area contributed by atoms with Crippen LogP contribution in [0.4, 0.5) is 5.69 Å². The minimum Gasteiger partial charge on any atom is -0.465 e. The van der Waals surface area contributed by atoms with E-state index in [-0.39, 0.29) is 24.3 Å². The normalized spacial score (nSPS) is 10.9. The summed E-state index contributed by atoms with van der Waals surface area (Å²) in [5, 5.41) is 5.20. The number of rotatable bonds is 7. The summed E-state index contributed by atoms with van der Waals surface area (Å²) in [4.78, 5) is 52.3. The Bertz CT molecular complexity index is 1490. The molecule has 1 N–H and O–H groups in total. The summed E-state index contributed by atoms with van der Waals surface area (Å²) >= 11 is 7.57. The lowest BCUT2D eigenvalue weighted by Gasteiger charge is -2.15. The molecule has 0 saturated carbocycles. The van der Waals surface area contributed by atoms with Gasteiger partial charge in [0.1, 0.15) is 6.54 Å². The van der Waals surface area contributed by atoms with Gasteiger partial charge in [0.15, 0.2) is 0 Å². The molecule has 2 aromatic heterocycles. The van der Waals surface area contributed by atoms with Crippen LogP contribution in [-0.2, 0) is 29.0 Å². The molecule has 8 nitrogen and oxygen atoms in total. The highest BCUT2D eigenvalue weighted by atomic mass is 35.5. The first-order valence-electron chi connectivity index (χ1n) is 10.3. The van der Waals surface area contributed by atoms with Crippen molar-refractivity contribution in [2.24, 2.45) is 0 Å². The molecule has 34 heavy (non-hydrogen) atoms. The number of esters is 1. The Balaban J connectivity index is 1.70. The number of nitrogens with one attached hydrogen (secondary N) is 1. The number of methoxy groups -OCH3 is 1. The van der Waals surface area contributed by atoms with Crippen LogP contribution in [0, 0.1) is 0 Å². The fourth-order valence-corrected chi connectivity index (χ4v) is 4.51. The molecule has 0 aliphatic carbocycles. The number of benzene rings is 2. The molecule has 0 unspecified atom stereocenters. The number of carbonyl (C=O) groups is 2. The van der Waals surface area contributed by atoms with Crippen molar-refractivity contribution >= 4 is 51.4 Å². The second kappa shape index (κ2) is 10.1. The molecule has 0 aliphatic rings. The second-order valence-corrected chi connectivity index (χ2v) is 8.87. The first kappa shape index (κ1) is 23.5. The van der Waals surface area contributed by atoms with Gasteiger partial charge in [0.25, 0.3) is 5.56 Å². The third-order valence-electron chi connectivity index (χ3n) is 5.26. The second-order valence-electron chi connectivity index (χ2n) is 7.40. The van der Waals surface area contributed by atoms with Crippen molar-refractivity contribution in [2.75, 3.05) is 12.4 Å². The Hall–Kier alpha value is -3.69. The molecule has 0 atom stereocenters. The van der Waals surface area contributed by atoms with Crippen LogP contribution in [0.5, 0.6) is 0 Å². The van der Waals surface area contributed by atoms with E-state index < -0.39 is 23.1 Å². The predicted octanol–water partition coefficient (Wildman–Crippen LogP) is 3.55. The average molecular weight is 498 g/mol. The number of thiophene rings is 1. The number of ether oxygens (including phenoxy) is 1. The van der Waals surface area contributed by atoms with Gasteiger partial charge < -0.3 is 10.1 Å². The molecule has 0 spiro atoms. The summed E-state index contributed by atoms with van der Waals surface area (Å²) < 4.78 is 7.15. The van der Waals surface area contributed by atoms with E-state index >= 15 is 0 Å². The summed E-state index contributed by atoms with van der Waals surface area (Å²) in [6, 6.07) is 14.9. The molecule has 174 valence electrons. The van der Waals surface area contributed by atoms with Crippen molar-refractivity contribution in [3.63, 3.8) is 0 Å². The zero-order chi connectivity index (χ0) is 24.2. The van der Waals surface area contributed by atoms with Gasteiger partial charge in [-0.15, -0.1) is 11.3 Å². The number of aryl methyl sites for hydroxylation is 1. The van der Waals surface area contributed by atoms with Gasteiger partial charge in [0, 0.05) is 16.4 Å². The highest BCUT2D eigenvalue weighted by Gasteiger charge is 2.18. The summed E-state index contributed by atoms with van der Waals surface area (Å²) in [6.07, 6.45) is 0.516. The number of halogens is 1. The molecular formula is C24H20ClN3O5S. The molecule has 0 fully saturated rings. The van der Waals surface area contributed by atoms with Crippen molar-refractivity contribution in [3.8, 4) is 0 Å². The smallest absolute Gasteiger partial charge is 0.339 e. The van der Waals surface area contributed by atoms with Crippen molar-refractivity contribution in [3.05, 3.63) is 96.3 Å². The number of anilines is 1. The van der Waals surface area contributed by atoms with E-state index in [0.29, 0.717) is 22.3 Å². The number of carbonyl (C=O) groups excluding carboxylic acids is 2. The topological polar surface area (TPSA) is 99.4 Å². The zero-order valence-electron chi connectivity index (χ0n) is 18.1. The number of nitrogens with zero attached hydrogens (tertiary/aromatic N) is 2. The highest BCUT2D eigenvalue weighted by molar-refractivity contribution is 7.09. The van der Waals surface area contributed by atoms with Crippen LogP contribution in [0.15, 0.2) is 69.6 Å². The monoisotopic (exact) mass is 497 g/mol. The highest BCUT2D eigenvalue weighted by Crippen LogP contribution is 2.22. The number of hydrogen-bond acceptors (Lipinski definition) is 6. The van der Waals surface area contributed by atoms with Gasteiger partial charge in [-0.25, -0.2) is 9.59 Å². The van der Waals surface area contributed by atoms with Gasteiger partial charge in [0.2, 0.25) is 5.91 Å². The maximum Gasteiger partial charge on any atom is 0.339 e.